The lowest BCUT2D eigenvalue weighted by Gasteiger charge is -2.12. The quantitative estimate of drug-likeness (QED) is 0.581. The first kappa shape index (κ1) is 13.9. The zero-order valence-corrected chi connectivity index (χ0v) is 9.96. The number of hydrogen-bond acceptors (Lipinski definition) is 6. The van der Waals surface area contributed by atoms with E-state index < -0.39 is 4.92 Å². The third kappa shape index (κ3) is 3.68. The van der Waals surface area contributed by atoms with Crippen molar-refractivity contribution in [2.24, 2.45) is 5.92 Å². The molecule has 2 N–H and O–H groups in total. The predicted molar refractivity (Wildman–Crippen MR) is 65.0 cm³/mol. The maximum atomic E-state index is 10.5. The second-order valence-electron chi connectivity index (χ2n) is 3.96. The van der Waals surface area contributed by atoms with Crippen LogP contribution in [0.25, 0.3) is 0 Å². The first-order chi connectivity index (χ1) is 8.58. The van der Waals surface area contributed by atoms with Crippen molar-refractivity contribution in [3.63, 3.8) is 0 Å². The smallest absolute Gasteiger partial charge is 0.289 e. The molecule has 1 atom stereocenters. The number of nitro groups is 1. The lowest BCUT2D eigenvalue weighted by Crippen LogP contribution is -2.14. The van der Waals surface area contributed by atoms with E-state index in [0.717, 1.165) is 6.20 Å². The maximum Gasteiger partial charge on any atom is 0.289 e. The highest BCUT2D eigenvalue weighted by Crippen LogP contribution is 2.18. The number of anilines is 1. The number of aromatic nitrogens is 1. The summed E-state index contributed by atoms with van der Waals surface area (Å²) < 4.78 is 0. The number of pyridine rings is 1. The molecule has 1 unspecified atom stereocenters. The zero-order valence-electron chi connectivity index (χ0n) is 9.96. The molecule has 0 spiro atoms. The molecule has 7 heteroatoms. The molecule has 1 heterocycles. The minimum atomic E-state index is -0.591. The van der Waals surface area contributed by atoms with Crippen LogP contribution in [0.5, 0.6) is 0 Å². The summed E-state index contributed by atoms with van der Waals surface area (Å²) in [5, 5.41) is 31.1. The van der Waals surface area contributed by atoms with Gasteiger partial charge < -0.3 is 10.4 Å². The van der Waals surface area contributed by atoms with Crippen LogP contribution in [0.3, 0.4) is 0 Å². The number of nitrogens with zero attached hydrogens (tertiary/aromatic N) is 3. The summed E-state index contributed by atoms with van der Waals surface area (Å²) in [6.45, 7) is 2.59. The Morgan fingerprint density at radius 2 is 2.44 bits per heavy atom. The van der Waals surface area contributed by atoms with Gasteiger partial charge >= 0.3 is 0 Å². The second kappa shape index (κ2) is 6.51. The SMILES string of the molecule is CC(CCO)CNc1ncc([N+](=O)[O-])cc1C#N. The summed E-state index contributed by atoms with van der Waals surface area (Å²) in [7, 11) is 0. The molecule has 1 aromatic heterocycles. The van der Waals surface area contributed by atoms with Crippen molar-refractivity contribution < 1.29 is 10.0 Å². The van der Waals surface area contributed by atoms with Crippen LogP contribution in [0.2, 0.25) is 0 Å². The minimum absolute atomic E-state index is 0.0989. The summed E-state index contributed by atoms with van der Waals surface area (Å²) in [6, 6.07) is 3.05. The average molecular weight is 250 g/mol. The predicted octanol–water partition coefficient (Wildman–Crippen LogP) is 1.29. The maximum absolute atomic E-state index is 10.5. The van der Waals surface area contributed by atoms with E-state index in [1.807, 2.05) is 13.0 Å². The highest BCUT2D eigenvalue weighted by Gasteiger charge is 2.12. The molecule has 1 aromatic rings. The fraction of sp³-hybridized carbons (Fsp3) is 0.455. The highest BCUT2D eigenvalue weighted by atomic mass is 16.6. The molecule has 18 heavy (non-hydrogen) atoms. The first-order valence-corrected chi connectivity index (χ1v) is 5.47. The number of aliphatic hydroxyl groups is 1. The van der Waals surface area contributed by atoms with Crippen molar-refractivity contribution in [3.8, 4) is 6.07 Å². The summed E-state index contributed by atoms with van der Waals surface area (Å²) in [4.78, 5) is 13.8. The Labute approximate surface area is 104 Å². The summed E-state index contributed by atoms with van der Waals surface area (Å²) >= 11 is 0. The molecule has 0 aliphatic heterocycles. The number of rotatable bonds is 6. The molecule has 0 bridgehead atoms. The van der Waals surface area contributed by atoms with Crippen LogP contribution in [0.15, 0.2) is 12.3 Å². The third-order valence-corrected chi connectivity index (χ3v) is 2.44. The topological polar surface area (TPSA) is 112 Å². The first-order valence-electron chi connectivity index (χ1n) is 5.47. The Morgan fingerprint density at radius 1 is 1.72 bits per heavy atom. The fourth-order valence-electron chi connectivity index (χ4n) is 1.37. The van der Waals surface area contributed by atoms with Gasteiger partial charge in [-0.1, -0.05) is 6.92 Å². The Morgan fingerprint density at radius 3 is 3.00 bits per heavy atom. The van der Waals surface area contributed by atoms with Crippen LogP contribution in [0.1, 0.15) is 18.9 Å². The Kier molecular flexibility index (Phi) is 5.02. The molecule has 0 saturated heterocycles. The van der Waals surface area contributed by atoms with Crippen molar-refractivity contribution in [2.45, 2.75) is 13.3 Å². The van der Waals surface area contributed by atoms with Crippen LogP contribution in [0.4, 0.5) is 11.5 Å². The number of aliphatic hydroxyl groups excluding tert-OH is 1. The number of nitriles is 1. The Balaban J connectivity index is 2.78. The van der Waals surface area contributed by atoms with E-state index in [4.69, 9.17) is 10.4 Å². The third-order valence-electron chi connectivity index (χ3n) is 2.44. The fourth-order valence-corrected chi connectivity index (χ4v) is 1.37. The molecule has 0 aliphatic rings. The molecular formula is C11H14N4O3. The summed E-state index contributed by atoms with van der Waals surface area (Å²) in [6.07, 6.45) is 1.75. The lowest BCUT2D eigenvalue weighted by atomic mass is 10.1. The summed E-state index contributed by atoms with van der Waals surface area (Å²) in [5.74, 6) is 0.548. The van der Waals surface area contributed by atoms with Gasteiger partial charge in [-0.15, -0.1) is 0 Å². The number of hydrogen-bond donors (Lipinski definition) is 2. The Hall–Kier alpha value is -2.20. The van der Waals surface area contributed by atoms with E-state index in [1.54, 1.807) is 0 Å². The van der Waals surface area contributed by atoms with Crippen molar-refractivity contribution in [2.75, 3.05) is 18.5 Å². The van der Waals surface area contributed by atoms with E-state index >= 15 is 0 Å². The van der Waals surface area contributed by atoms with Crippen LogP contribution in [0, 0.1) is 27.4 Å². The van der Waals surface area contributed by atoms with Crippen molar-refractivity contribution in [1.29, 1.82) is 5.26 Å². The monoisotopic (exact) mass is 250 g/mol. The molecular weight excluding hydrogens is 236 g/mol. The highest BCUT2D eigenvalue weighted by molar-refractivity contribution is 5.55. The average Bonchev–Trinajstić information content (AvgIpc) is 2.36. The van der Waals surface area contributed by atoms with Gasteiger partial charge in [0.15, 0.2) is 0 Å². The van der Waals surface area contributed by atoms with Gasteiger partial charge in [-0.3, -0.25) is 10.1 Å². The van der Waals surface area contributed by atoms with Gasteiger partial charge in [-0.05, 0) is 12.3 Å². The van der Waals surface area contributed by atoms with Gasteiger partial charge in [-0.25, -0.2) is 4.98 Å². The van der Waals surface area contributed by atoms with Crippen molar-refractivity contribution >= 4 is 11.5 Å². The normalized spacial score (nSPS) is 11.6. The van der Waals surface area contributed by atoms with Gasteiger partial charge in [0.1, 0.15) is 23.6 Å². The standard InChI is InChI=1S/C11H14N4O3/c1-8(2-3-16)6-13-11-9(5-12)4-10(7-14-11)15(17)18/h4,7-8,16H,2-3,6H2,1H3,(H,13,14). The van der Waals surface area contributed by atoms with Gasteiger partial charge in [0.25, 0.3) is 5.69 Å². The largest absolute Gasteiger partial charge is 0.396 e. The van der Waals surface area contributed by atoms with Gasteiger partial charge in [0.2, 0.25) is 0 Å². The van der Waals surface area contributed by atoms with Crippen LogP contribution in [-0.4, -0.2) is 28.2 Å². The van der Waals surface area contributed by atoms with E-state index in [0.29, 0.717) is 18.8 Å². The molecule has 0 aliphatic carbocycles. The summed E-state index contributed by atoms with van der Waals surface area (Å²) in [5.41, 5.74) is -0.0686. The zero-order chi connectivity index (χ0) is 13.5. The van der Waals surface area contributed by atoms with E-state index in [9.17, 15) is 10.1 Å². The number of nitrogens with one attached hydrogen (secondary N) is 1. The van der Waals surface area contributed by atoms with Crippen molar-refractivity contribution in [1.82, 2.24) is 4.98 Å². The van der Waals surface area contributed by atoms with Crippen LogP contribution < -0.4 is 5.32 Å². The van der Waals surface area contributed by atoms with E-state index in [-0.39, 0.29) is 23.8 Å². The lowest BCUT2D eigenvalue weighted by molar-refractivity contribution is -0.385. The minimum Gasteiger partial charge on any atom is -0.396 e. The molecule has 7 nitrogen and oxygen atoms in total. The van der Waals surface area contributed by atoms with Gasteiger partial charge in [0.05, 0.1) is 4.92 Å². The van der Waals surface area contributed by atoms with E-state index in [2.05, 4.69) is 10.3 Å². The molecule has 96 valence electrons. The molecule has 0 fully saturated rings. The van der Waals surface area contributed by atoms with Crippen LogP contribution in [-0.2, 0) is 0 Å². The Bertz CT molecular complexity index is 470. The molecule has 1 rings (SSSR count). The molecule has 0 amide bonds. The molecule has 0 saturated carbocycles. The molecule has 0 radical (unpaired) electrons. The van der Waals surface area contributed by atoms with Crippen LogP contribution >= 0.6 is 0 Å². The van der Waals surface area contributed by atoms with E-state index in [1.165, 1.54) is 6.07 Å². The second-order valence-corrected chi connectivity index (χ2v) is 3.96. The molecule has 0 aromatic carbocycles. The van der Waals surface area contributed by atoms with Crippen molar-refractivity contribution in [3.05, 3.63) is 27.9 Å². The van der Waals surface area contributed by atoms with Gasteiger partial charge in [-0.2, -0.15) is 5.26 Å². The van der Waals surface area contributed by atoms with Gasteiger partial charge in [0, 0.05) is 19.2 Å².